The van der Waals surface area contributed by atoms with Crippen LogP contribution in [0.4, 0.5) is 20.2 Å². The minimum atomic E-state index is -3.85. The van der Waals surface area contributed by atoms with Crippen LogP contribution in [0.1, 0.15) is 29.3 Å². The smallest absolute Gasteiger partial charge is 0.261 e. The van der Waals surface area contributed by atoms with Crippen molar-refractivity contribution in [3.05, 3.63) is 71.4 Å². The molecule has 178 valence electrons. The van der Waals surface area contributed by atoms with Crippen molar-refractivity contribution < 1.29 is 22.0 Å². The second kappa shape index (κ2) is 9.47. The van der Waals surface area contributed by atoms with E-state index in [-0.39, 0.29) is 11.4 Å². The molecule has 0 aliphatic heterocycles. The topological polar surface area (TPSA) is 141 Å². The minimum Gasteiger partial charge on any atom is -0.323 e. The lowest BCUT2D eigenvalue weighted by Gasteiger charge is -2.12. The summed E-state index contributed by atoms with van der Waals surface area (Å²) in [5, 5.41) is 11.3. The lowest BCUT2D eigenvalue weighted by Crippen LogP contribution is -2.20. The summed E-state index contributed by atoms with van der Waals surface area (Å²) in [6.45, 7) is 1.64. The van der Waals surface area contributed by atoms with Crippen LogP contribution >= 0.6 is 0 Å². The lowest BCUT2D eigenvalue weighted by molar-refractivity contribution is 0.101. The van der Waals surface area contributed by atoms with E-state index in [1.165, 1.54) is 12.3 Å². The summed E-state index contributed by atoms with van der Waals surface area (Å²) in [7, 11) is -3.85. The first kappa shape index (κ1) is 23.8. The maximum Gasteiger partial charge on any atom is 0.261 e. The van der Waals surface area contributed by atoms with Gasteiger partial charge in [-0.15, -0.1) is 0 Å². The summed E-state index contributed by atoms with van der Waals surface area (Å²) in [5.74, 6) is -3.40. The quantitative estimate of drug-likeness (QED) is 0.351. The van der Waals surface area contributed by atoms with Crippen LogP contribution in [0, 0.1) is 23.0 Å². The standard InChI is InChI=1S/C23H18F2N6O3S/c1-2-9-35(33,34)31-17-8-7-16(24)19(20(17)25)23(32)28-15-10-18-22(27-12-15)30-21(29-18)14-5-3-13(11-26)4-6-14/h3-8,10,12,31H,2,9H2,1H3,(H,28,32)(H,27,29,30). The summed E-state index contributed by atoms with van der Waals surface area (Å²) in [6, 6.07) is 11.9. The third-order valence-corrected chi connectivity index (χ3v) is 6.42. The van der Waals surface area contributed by atoms with Crippen LogP contribution in [0.15, 0.2) is 48.7 Å². The molecular formula is C23H18F2N6O3S. The van der Waals surface area contributed by atoms with Gasteiger partial charge in [-0.25, -0.2) is 27.2 Å². The molecule has 2 heterocycles. The van der Waals surface area contributed by atoms with E-state index in [1.807, 2.05) is 10.8 Å². The third-order valence-electron chi connectivity index (χ3n) is 4.94. The number of imidazole rings is 1. The maximum atomic E-state index is 14.9. The van der Waals surface area contributed by atoms with E-state index in [1.54, 1.807) is 31.2 Å². The van der Waals surface area contributed by atoms with Crippen molar-refractivity contribution in [3.8, 4) is 17.5 Å². The zero-order chi connectivity index (χ0) is 25.2. The monoisotopic (exact) mass is 496 g/mol. The van der Waals surface area contributed by atoms with Gasteiger partial charge in [0.25, 0.3) is 5.91 Å². The highest BCUT2D eigenvalue weighted by molar-refractivity contribution is 7.92. The first-order chi connectivity index (χ1) is 16.7. The number of fused-ring (bicyclic) bond motifs is 1. The summed E-state index contributed by atoms with van der Waals surface area (Å²) in [5.41, 5.74) is 0.640. The van der Waals surface area contributed by atoms with Crippen LogP contribution in [-0.4, -0.2) is 35.0 Å². The Morgan fingerprint density at radius 3 is 2.60 bits per heavy atom. The highest BCUT2D eigenvalue weighted by atomic mass is 32.2. The molecule has 0 fully saturated rings. The molecule has 0 saturated carbocycles. The number of sulfonamides is 1. The van der Waals surface area contributed by atoms with E-state index in [0.29, 0.717) is 34.5 Å². The SMILES string of the molecule is CCCS(=O)(=O)Nc1ccc(F)c(C(=O)Nc2cnc3[nH]c(-c4ccc(C#N)cc4)nc3c2)c1F. The number of aromatic nitrogens is 3. The van der Waals surface area contributed by atoms with Gasteiger partial charge in [0.2, 0.25) is 10.0 Å². The predicted molar refractivity (Wildman–Crippen MR) is 126 cm³/mol. The number of H-pyrrole nitrogens is 1. The number of nitrogens with zero attached hydrogens (tertiary/aromatic N) is 3. The molecule has 0 bridgehead atoms. The second-order valence-electron chi connectivity index (χ2n) is 7.53. The lowest BCUT2D eigenvalue weighted by atomic mass is 10.1. The molecular weight excluding hydrogens is 478 g/mol. The van der Waals surface area contributed by atoms with Crippen molar-refractivity contribution in [1.29, 1.82) is 5.26 Å². The Balaban J connectivity index is 1.60. The molecule has 3 N–H and O–H groups in total. The van der Waals surface area contributed by atoms with Crippen molar-refractivity contribution in [2.45, 2.75) is 13.3 Å². The molecule has 12 heteroatoms. The number of pyridine rings is 1. The Bertz CT molecular complexity index is 1580. The molecule has 0 saturated heterocycles. The summed E-state index contributed by atoms with van der Waals surface area (Å²) in [6.07, 6.45) is 1.58. The van der Waals surface area contributed by atoms with Crippen LogP contribution in [0.3, 0.4) is 0 Å². The molecule has 9 nitrogen and oxygen atoms in total. The fourth-order valence-corrected chi connectivity index (χ4v) is 4.46. The van der Waals surface area contributed by atoms with Crippen molar-refractivity contribution in [2.24, 2.45) is 0 Å². The van der Waals surface area contributed by atoms with Crippen molar-refractivity contribution in [3.63, 3.8) is 0 Å². The van der Waals surface area contributed by atoms with Crippen molar-refractivity contribution >= 4 is 38.5 Å². The molecule has 0 aliphatic rings. The Labute approximate surface area is 198 Å². The zero-order valence-electron chi connectivity index (χ0n) is 18.3. The Kier molecular flexibility index (Phi) is 6.44. The average molecular weight is 496 g/mol. The molecule has 2 aromatic heterocycles. The van der Waals surface area contributed by atoms with Crippen LogP contribution in [0.5, 0.6) is 0 Å². The average Bonchev–Trinajstić information content (AvgIpc) is 3.24. The highest BCUT2D eigenvalue weighted by Crippen LogP contribution is 2.25. The molecule has 1 amide bonds. The fraction of sp³-hybridized carbons (Fsp3) is 0.130. The van der Waals surface area contributed by atoms with E-state index in [4.69, 9.17) is 5.26 Å². The van der Waals surface area contributed by atoms with Crippen molar-refractivity contribution in [1.82, 2.24) is 15.0 Å². The molecule has 35 heavy (non-hydrogen) atoms. The predicted octanol–water partition coefficient (Wildman–Crippen LogP) is 4.18. The normalized spacial score (nSPS) is 11.3. The molecule has 0 radical (unpaired) electrons. The van der Waals surface area contributed by atoms with E-state index in [0.717, 1.165) is 12.1 Å². The zero-order valence-corrected chi connectivity index (χ0v) is 19.1. The molecule has 0 atom stereocenters. The number of carbonyl (C=O) groups is 1. The van der Waals surface area contributed by atoms with Gasteiger partial charge >= 0.3 is 0 Å². The molecule has 4 aromatic rings. The molecule has 0 spiro atoms. The number of benzene rings is 2. The number of nitriles is 1. The summed E-state index contributed by atoms with van der Waals surface area (Å²) < 4.78 is 55.2. The Morgan fingerprint density at radius 1 is 1.17 bits per heavy atom. The van der Waals surface area contributed by atoms with E-state index < -0.39 is 38.8 Å². The number of carbonyl (C=O) groups excluding carboxylic acids is 1. The number of hydrogen-bond acceptors (Lipinski definition) is 6. The molecule has 0 aliphatic carbocycles. The van der Waals surface area contributed by atoms with Gasteiger partial charge in [0.15, 0.2) is 11.5 Å². The van der Waals surface area contributed by atoms with Crippen LogP contribution < -0.4 is 10.0 Å². The highest BCUT2D eigenvalue weighted by Gasteiger charge is 2.23. The van der Waals surface area contributed by atoms with Gasteiger partial charge in [0.1, 0.15) is 22.7 Å². The third kappa shape index (κ3) is 5.10. The number of amides is 1. The van der Waals surface area contributed by atoms with E-state index in [2.05, 4.69) is 20.3 Å². The van der Waals surface area contributed by atoms with Crippen LogP contribution in [0.25, 0.3) is 22.6 Å². The largest absolute Gasteiger partial charge is 0.323 e. The summed E-state index contributed by atoms with van der Waals surface area (Å²) in [4.78, 5) is 24.3. The van der Waals surface area contributed by atoms with Gasteiger partial charge in [-0.2, -0.15) is 5.26 Å². The van der Waals surface area contributed by atoms with Crippen LogP contribution in [0.2, 0.25) is 0 Å². The fourth-order valence-electron chi connectivity index (χ4n) is 3.32. The Morgan fingerprint density at radius 2 is 1.91 bits per heavy atom. The maximum absolute atomic E-state index is 14.9. The number of nitrogens with one attached hydrogen (secondary N) is 3. The van der Waals surface area contributed by atoms with Gasteiger partial charge < -0.3 is 10.3 Å². The van der Waals surface area contributed by atoms with Crippen molar-refractivity contribution in [2.75, 3.05) is 15.8 Å². The first-order valence-corrected chi connectivity index (χ1v) is 12.0. The molecule has 0 unspecified atom stereocenters. The number of aromatic amines is 1. The number of hydrogen-bond donors (Lipinski definition) is 3. The second-order valence-corrected chi connectivity index (χ2v) is 9.37. The van der Waals surface area contributed by atoms with Gasteiger partial charge in [0, 0.05) is 5.56 Å². The van der Waals surface area contributed by atoms with Gasteiger partial charge in [-0.05, 0) is 48.9 Å². The van der Waals surface area contributed by atoms with Gasteiger partial charge in [-0.3, -0.25) is 9.52 Å². The molecule has 4 rings (SSSR count). The van der Waals surface area contributed by atoms with Gasteiger partial charge in [0.05, 0.1) is 35.0 Å². The minimum absolute atomic E-state index is 0.121. The summed E-state index contributed by atoms with van der Waals surface area (Å²) >= 11 is 0. The number of rotatable bonds is 7. The van der Waals surface area contributed by atoms with Gasteiger partial charge in [-0.1, -0.05) is 6.92 Å². The Hall–Kier alpha value is -4.37. The van der Waals surface area contributed by atoms with E-state index in [9.17, 15) is 22.0 Å². The first-order valence-electron chi connectivity index (χ1n) is 10.4. The van der Waals surface area contributed by atoms with Crippen LogP contribution in [-0.2, 0) is 10.0 Å². The number of anilines is 2. The van der Waals surface area contributed by atoms with E-state index >= 15 is 0 Å². The number of halogens is 2. The molecule has 2 aromatic carbocycles.